The van der Waals surface area contributed by atoms with Crippen molar-refractivity contribution in [1.82, 2.24) is 0 Å². The number of hydrogen-bond acceptors (Lipinski definition) is 4. The summed E-state index contributed by atoms with van der Waals surface area (Å²) >= 11 is 3.33. The van der Waals surface area contributed by atoms with Gasteiger partial charge < -0.3 is 10.1 Å². The minimum absolute atomic E-state index is 0.105. The third-order valence-electron chi connectivity index (χ3n) is 3.23. The highest BCUT2D eigenvalue weighted by Gasteiger charge is 2.14. The molecule has 0 heterocycles. The molecule has 0 fully saturated rings. The summed E-state index contributed by atoms with van der Waals surface area (Å²) in [5.74, 6) is -0.839. The predicted octanol–water partition coefficient (Wildman–Crippen LogP) is 4.50. The van der Waals surface area contributed by atoms with Crippen LogP contribution in [0, 0.1) is 6.92 Å². The molecule has 5 heteroatoms. The van der Waals surface area contributed by atoms with Crippen molar-refractivity contribution in [3.8, 4) is 0 Å². The zero-order chi connectivity index (χ0) is 17.5. The molecule has 1 N–H and O–H groups in total. The van der Waals surface area contributed by atoms with Gasteiger partial charge in [0.1, 0.15) is 5.70 Å². The van der Waals surface area contributed by atoms with E-state index >= 15 is 0 Å². The van der Waals surface area contributed by atoms with Crippen molar-refractivity contribution in [3.63, 3.8) is 0 Å². The van der Waals surface area contributed by atoms with E-state index < -0.39 is 5.97 Å². The minimum Gasteiger partial charge on any atom is -0.461 e. The Balaban J connectivity index is 2.27. The molecule has 0 aliphatic heterocycles. The molecule has 24 heavy (non-hydrogen) atoms. The normalized spacial score (nSPS) is 11.0. The third-order valence-corrected chi connectivity index (χ3v) is 3.76. The molecule has 0 atom stereocenters. The zero-order valence-corrected chi connectivity index (χ0v) is 15.1. The van der Waals surface area contributed by atoms with E-state index in [9.17, 15) is 9.59 Å². The van der Waals surface area contributed by atoms with Gasteiger partial charge in [0.05, 0.1) is 6.61 Å². The number of anilines is 1. The molecule has 2 aromatic rings. The van der Waals surface area contributed by atoms with Gasteiger partial charge in [-0.15, -0.1) is 0 Å². The Labute approximate surface area is 149 Å². The topological polar surface area (TPSA) is 55.4 Å². The molecule has 0 amide bonds. The monoisotopic (exact) mass is 387 g/mol. The molecular weight excluding hydrogens is 370 g/mol. The molecule has 2 aromatic carbocycles. The van der Waals surface area contributed by atoms with Crippen LogP contribution in [0.1, 0.15) is 22.8 Å². The predicted molar refractivity (Wildman–Crippen MR) is 98.0 cm³/mol. The number of esters is 1. The summed E-state index contributed by atoms with van der Waals surface area (Å²) in [6.07, 6.45) is 1.26. The van der Waals surface area contributed by atoms with Gasteiger partial charge in [-0.25, -0.2) is 4.79 Å². The standard InChI is InChI=1S/C19H18BrNO3/c1-3-24-19(23)17(21-16-10-4-13(2)5-11-16)12-18(22)14-6-8-15(20)9-7-14/h4-12,21H,3H2,1-2H3/b17-12-. The first kappa shape index (κ1) is 17.9. The van der Waals surface area contributed by atoms with Gasteiger partial charge in [-0.05, 0) is 50.2 Å². The summed E-state index contributed by atoms with van der Waals surface area (Å²) < 4.78 is 5.91. The van der Waals surface area contributed by atoms with Gasteiger partial charge in [0, 0.05) is 21.8 Å². The fourth-order valence-electron chi connectivity index (χ4n) is 1.98. The van der Waals surface area contributed by atoms with Gasteiger partial charge in [-0.2, -0.15) is 0 Å². The van der Waals surface area contributed by atoms with Crippen LogP contribution in [0.4, 0.5) is 5.69 Å². The van der Waals surface area contributed by atoms with Crippen molar-refractivity contribution < 1.29 is 14.3 Å². The second kappa shape index (κ2) is 8.45. The number of nitrogens with one attached hydrogen (secondary N) is 1. The highest BCUT2D eigenvalue weighted by molar-refractivity contribution is 9.10. The molecule has 0 saturated carbocycles. The molecule has 124 valence electrons. The highest BCUT2D eigenvalue weighted by Crippen LogP contribution is 2.15. The Kier molecular flexibility index (Phi) is 6.32. The number of benzene rings is 2. The van der Waals surface area contributed by atoms with Crippen LogP contribution in [0.25, 0.3) is 0 Å². The van der Waals surface area contributed by atoms with Crippen molar-refractivity contribution in [3.05, 3.63) is 75.9 Å². The fraction of sp³-hybridized carbons (Fsp3) is 0.158. The van der Waals surface area contributed by atoms with Crippen molar-refractivity contribution in [1.29, 1.82) is 0 Å². The lowest BCUT2D eigenvalue weighted by molar-refractivity contribution is -0.138. The number of allylic oxidation sites excluding steroid dienone is 1. The SMILES string of the molecule is CCOC(=O)/C(=C/C(=O)c1ccc(Br)cc1)Nc1ccc(C)cc1. The molecule has 0 aliphatic rings. The molecule has 0 aliphatic carbocycles. The number of halogens is 1. The first-order valence-electron chi connectivity index (χ1n) is 7.52. The van der Waals surface area contributed by atoms with E-state index in [2.05, 4.69) is 21.2 Å². The fourth-order valence-corrected chi connectivity index (χ4v) is 2.24. The van der Waals surface area contributed by atoms with Crippen LogP contribution in [0.2, 0.25) is 0 Å². The van der Waals surface area contributed by atoms with Crippen LogP contribution in [-0.2, 0) is 9.53 Å². The number of carbonyl (C=O) groups excluding carboxylic acids is 2. The average molecular weight is 388 g/mol. The van der Waals surface area contributed by atoms with E-state index in [1.54, 1.807) is 31.2 Å². The molecule has 0 bridgehead atoms. The van der Waals surface area contributed by atoms with Crippen LogP contribution in [-0.4, -0.2) is 18.4 Å². The molecule has 0 spiro atoms. The quantitative estimate of drug-likeness (QED) is 0.450. The Bertz CT molecular complexity index is 749. The maximum Gasteiger partial charge on any atom is 0.354 e. The van der Waals surface area contributed by atoms with Crippen molar-refractivity contribution in [2.45, 2.75) is 13.8 Å². The number of ether oxygens (including phenoxy) is 1. The van der Waals surface area contributed by atoms with Gasteiger partial charge in [0.2, 0.25) is 0 Å². The summed E-state index contributed by atoms with van der Waals surface area (Å²) in [6, 6.07) is 14.5. The van der Waals surface area contributed by atoms with Crippen LogP contribution in [0.5, 0.6) is 0 Å². The number of ketones is 1. The van der Waals surface area contributed by atoms with Gasteiger partial charge in [0.25, 0.3) is 0 Å². The number of hydrogen-bond donors (Lipinski definition) is 1. The summed E-state index contributed by atoms with van der Waals surface area (Å²) in [7, 11) is 0. The lowest BCUT2D eigenvalue weighted by Gasteiger charge is -2.10. The summed E-state index contributed by atoms with van der Waals surface area (Å²) in [5, 5.41) is 2.96. The molecule has 0 radical (unpaired) electrons. The maximum atomic E-state index is 12.4. The lowest BCUT2D eigenvalue weighted by Crippen LogP contribution is -2.16. The Morgan fingerprint density at radius 2 is 1.71 bits per heavy atom. The highest BCUT2D eigenvalue weighted by atomic mass is 79.9. The Morgan fingerprint density at radius 1 is 1.08 bits per heavy atom. The molecule has 4 nitrogen and oxygen atoms in total. The minimum atomic E-state index is -0.566. The number of carbonyl (C=O) groups is 2. The Morgan fingerprint density at radius 3 is 2.29 bits per heavy atom. The number of rotatable bonds is 6. The first-order chi connectivity index (χ1) is 11.5. The van der Waals surface area contributed by atoms with Gasteiger partial charge in [0.15, 0.2) is 5.78 Å². The van der Waals surface area contributed by atoms with Crippen molar-refractivity contribution >= 4 is 33.4 Å². The van der Waals surface area contributed by atoms with Crippen molar-refractivity contribution in [2.24, 2.45) is 0 Å². The molecule has 0 unspecified atom stereocenters. The Hall–Kier alpha value is -2.40. The van der Waals surface area contributed by atoms with E-state index in [-0.39, 0.29) is 18.1 Å². The zero-order valence-electron chi connectivity index (χ0n) is 13.5. The largest absolute Gasteiger partial charge is 0.461 e. The van der Waals surface area contributed by atoms with Crippen LogP contribution in [0.15, 0.2) is 64.8 Å². The molecular formula is C19H18BrNO3. The van der Waals surface area contributed by atoms with Crippen LogP contribution >= 0.6 is 15.9 Å². The second-order valence-corrected chi connectivity index (χ2v) is 6.06. The molecule has 0 saturated heterocycles. The lowest BCUT2D eigenvalue weighted by atomic mass is 10.1. The van der Waals surface area contributed by atoms with Crippen LogP contribution in [0.3, 0.4) is 0 Å². The van der Waals surface area contributed by atoms with E-state index in [4.69, 9.17) is 4.74 Å². The third kappa shape index (κ3) is 5.06. The number of aryl methyl sites for hydroxylation is 1. The molecule has 2 rings (SSSR count). The van der Waals surface area contributed by atoms with E-state index in [0.29, 0.717) is 11.3 Å². The second-order valence-electron chi connectivity index (χ2n) is 5.14. The molecule has 0 aromatic heterocycles. The maximum absolute atomic E-state index is 12.4. The van der Waals surface area contributed by atoms with Gasteiger partial charge in [-0.3, -0.25) is 4.79 Å². The van der Waals surface area contributed by atoms with Gasteiger partial charge in [-0.1, -0.05) is 33.6 Å². The van der Waals surface area contributed by atoms with Crippen molar-refractivity contribution in [2.75, 3.05) is 11.9 Å². The summed E-state index contributed by atoms with van der Waals surface area (Å²) in [4.78, 5) is 24.5. The average Bonchev–Trinajstić information content (AvgIpc) is 2.57. The smallest absolute Gasteiger partial charge is 0.354 e. The van der Waals surface area contributed by atoms with Crippen LogP contribution < -0.4 is 5.32 Å². The summed E-state index contributed by atoms with van der Waals surface area (Å²) in [6.45, 7) is 3.93. The van der Waals surface area contributed by atoms with E-state index in [1.165, 1.54) is 6.08 Å². The van der Waals surface area contributed by atoms with Gasteiger partial charge >= 0.3 is 5.97 Å². The summed E-state index contributed by atoms with van der Waals surface area (Å²) in [5.41, 5.74) is 2.41. The first-order valence-corrected chi connectivity index (χ1v) is 8.31. The van der Waals surface area contributed by atoms with E-state index in [0.717, 1.165) is 10.0 Å². The van der Waals surface area contributed by atoms with E-state index in [1.807, 2.05) is 31.2 Å².